The van der Waals surface area contributed by atoms with Gasteiger partial charge in [-0.2, -0.15) is 0 Å². The molecule has 1 aromatic heterocycles. The highest BCUT2D eigenvalue weighted by Crippen LogP contribution is 2.18. The van der Waals surface area contributed by atoms with Gasteiger partial charge in [0.2, 0.25) is 5.91 Å². The fraction of sp³-hybridized carbons (Fsp3) is 0.312. The van der Waals surface area contributed by atoms with Crippen LogP contribution in [0, 0.1) is 0 Å². The predicted molar refractivity (Wildman–Crippen MR) is 93.5 cm³/mol. The van der Waals surface area contributed by atoms with Crippen molar-refractivity contribution < 1.29 is 9.53 Å². The second-order valence-corrected chi connectivity index (χ2v) is 6.34. The molecule has 1 amide bonds. The lowest BCUT2D eigenvalue weighted by Gasteiger charge is -2.28. The average molecular weight is 393 g/mol. The second kappa shape index (κ2) is 7.14. The van der Waals surface area contributed by atoms with Crippen LogP contribution in [0.2, 0.25) is 0 Å². The van der Waals surface area contributed by atoms with E-state index < -0.39 is 5.91 Å². The Bertz CT molecular complexity index is 815. The third-order valence-corrected chi connectivity index (χ3v) is 4.20. The molecule has 8 heteroatoms. The van der Waals surface area contributed by atoms with E-state index in [0.29, 0.717) is 43.6 Å². The summed E-state index contributed by atoms with van der Waals surface area (Å²) >= 11 is 3.39. The minimum Gasteiger partial charge on any atom is -0.378 e. The van der Waals surface area contributed by atoms with Gasteiger partial charge in [0.25, 0.3) is 5.56 Å². The van der Waals surface area contributed by atoms with Crippen molar-refractivity contribution in [1.82, 2.24) is 9.55 Å². The van der Waals surface area contributed by atoms with Crippen LogP contribution in [-0.2, 0) is 16.0 Å². The SMILES string of the molecule is NC(=O)Cc1nc(N2CCOCC2)cc(=O)n1-c1cccc(Br)c1. The number of benzene rings is 1. The van der Waals surface area contributed by atoms with E-state index in [0.717, 1.165) is 4.47 Å². The normalized spacial score (nSPS) is 14.6. The van der Waals surface area contributed by atoms with Gasteiger partial charge in [0.15, 0.2) is 0 Å². The first-order chi connectivity index (χ1) is 11.5. The Morgan fingerprint density at radius 2 is 2.04 bits per heavy atom. The lowest BCUT2D eigenvalue weighted by atomic mass is 10.2. The molecule has 7 nitrogen and oxygen atoms in total. The molecule has 24 heavy (non-hydrogen) atoms. The highest BCUT2D eigenvalue weighted by molar-refractivity contribution is 9.10. The lowest BCUT2D eigenvalue weighted by molar-refractivity contribution is -0.117. The van der Waals surface area contributed by atoms with Crippen molar-refractivity contribution in [1.29, 1.82) is 0 Å². The molecular weight excluding hydrogens is 376 g/mol. The van der Waals surface area contributed by atoms with Crippen molar-refractivity contribution in [3.05, 3.63) is 51.0 Å². The number of hydrogen-bond acceptors (Lipinski definition) is 5. The third kappa shape index (κ3) is 3.65. The number of halogens is 1. The molecule has 126 valence electrons. The number of rotatable bonds is 4. The van der Waals surface area contributed by atoms with Gasteiger partial charge in [-0.25, -0.2) is 4.98 Å². The van der Waals surface area contributed by atoms with Crippen molar-refractivity contribution in [2.45, 2.75) is 6.42 Å². The maximum absolute atomic E-state index is 12.7. The van der Waals surface area contributed by atoms with Gasteiger partial charge < -0.3 is 15.4 Å². The molecule has 1 aliphatic rings. The highest BCUT2D eigenvalue weighted by atomic mass is 79.9. The third-order valence-electron chi connectivity index (χ3n) is 3.71. The predicted octanol–water partition coefficient (Wildman–Crippen LogP) is 0.859. The van der Waals surface area contributed by atoms with Crippen molar-refractivity contribution in [2.75, 3.05) is 31.2 Å². The number of anilines is 1. The van der Waals surface area contributed by atoms with Gasteiger partial charge in [-0.05, 0) is 18.2 Å². The molecule has 1 aromatic carbocycles. The van der Waals surface area contributed by atoms with Crippen LogP contribution in [0.1, 0.15) is 5.82 Å². The molecule has 0 radical (unpaired) electrons. The number of carbonyl (C=O) groups is 1. The van der Waals surface area contributed by atoms with Gasteiger partial charge in [0, 0.05) is 23.6 Å². The van der Waals surface area contributed by atoms with Crippen molar-refractivity contribution in [3.8, 4) is 5.69 Å². The first-order valence-corrected chi connectivity index (χ1v) is 8.34. The van der Waals surface area contributed by atoms with Crippen LogP contribution >= 0.6 is 15.9 Å². The highest BCUT2D eigenvalue weighted by Gasteiger charge is 2.18. The molecule has 0 atom stereocenters. The van der Waals surface area contributed by atoms with Crippen LogP contribution in [0.4, 0.5) is 5.82 Å². The van der Waals surface area contributed by atoms with E-state index in [4.69, 9.17) is 10.5 Å². The van der Waals surface area contributed by atoms with Gasteiger partial charge in [-0.3, -0.25) is 14.2 Å². The van der Waals surface area contributed by atoms with Crippen molar-refractivity contribution in [3.63, 3.8) is 0 Å². The number of morpholine rings is 1. The number of ether oxygens (including phenoxy) is 1. The zero-order chi connectivity index (χ0) is 17.1. The zero-order valence-electron chi connectivity index (χ0n) is 12.9. The largest absolute Gasteiger partial charge is 0.378 e. The number of hydrogen-bond donors (Lipinski definition) is 1. The van der Waals surface area contributed by atoms with Crippen molar-refractivity contribution in [2.24, 2.45) is 5.73 Å². The molecule has 0 unspecified atom stereocenters. The number of carbonyl (C=O) groups excluding carboxylic acids is 1. The van der Waals surface area contributed by atoms with Gasteiger partial charge in [-0.1, -0.05) is 22.0 Å². The quantitative estimate of drug-likeness (QED) is 0.832. The summed E-state index contributed by atoms with van der Waals surface area (Å²) in [6.45, 7) is 2.48. The van der Waals surface area contributed by atoms with Gasteiger partial charge in [0.1, 0.15) is 11.6 Å². The molecule has 3 rings (SSSR count). The van der Waals surface area contributed by atoms with E-state index in [1.807, 2.05) is 17.0 Å². The molecular formula is C16H17BrN4O3. The summed E-state index contributed by atoms with van der Waals surface area (Å²) in [5.74, 6) is 0.338. The van der Waals surface area contributed by atoms with E-state index in [2.05, 4.69) is 20.9 Å². The smallest absolute Gasteiger partial charge is 0.260 e. The summed E-state index contributed by atoms with van der Waals surface area (Å²) in [5.41, 5.74) is 5.72. The fourth-order valence-electron chi connectivity index (χ4n) is 2.64. The van der Waals surface area contributed by atoms with E-state index >= 15 is 0 Å². The second-order valence-electron chi connectivity index (χ2n) is 5.43. The van der Waals surface area contributed by atoms with E-state index in [9.17, 15) is 9.59 Å². The van der Waals surface area contributed by atoms with Crippen LogP contribution in [0.25, 0.3) is 5.69 Å². The van der Waals surface area contributed by atoms with E-state index in [1.54, 1.807) is 12.1 Å². The topological polar surface area (TPSA) is 90.5 Å². The molecule has 1 aliphatic heterocycles. The first-order valence-electron chi connectivity index (χ1n) is 7.54. The molecule has 0 saturated carbocycles. The summed E-state index contributed by atoms with van der Waals surface area (Å²) < 4.78 is 7.56. The van der Waals surface area contributed by atoms with Gasteiger partial charge >= 0.3 is 0 Å². The van der Waals surface area contributed by atoms with Gasteiger partial charge in [-0.15, -0.1) is 0 Å². The number of nitrogens with two attached hydrogens (primary N) is 1. The molecule has 0 spiro atoms. The molecule has 2 heterocycles. The van der Waals surface area contributed by atoms with Crippen LogP contribution in [0.15, 0.2) is 39.6 Å². The maximum Gasteiger partial charge on any atom is 0.260 e. The van der Waals surface area contributed by atoms with Crippen LogP contribution in [0.3, 0.4) is 0 Å². The maximum atomic E-state index is 12.7. The molecule has 2 N–H and O–H groups in total. The average Bonchev–Trinajstić information content (AvgIpc) is 2.54. The summed E-state index contributed by atoms with van der Waals surface area (Å²) in [6, 6.07) is 8.74. The molecule has 1 fully saturated rings. The molecule has 0 aliphatic carbocycles. The minimum absolute atomic E-state index is 0.111. The zero-order valence-corrected chi connectivity index (χ0v) is 14.5. The summed E-state index contributed by atoms with van der Waals surface area (Å²) in [6.07, 6.45) is -0.111. The first kappa shape index (κ1) is 16.7. The molecule has 2 aromatic rings. The standard InChI is InChI=1S/C16H17BrN4O3/c17-11-2-1-3-12(8-11)21-15(9-13(18)22)19-14(10-16(21)23)20-4-6-24-7-5-20/h1-3,8,10H,4-7,9H2,(H2,18,22). The number of primary amides is 1. The summed E-state index contributed by atoms with van der Waals surface area (Å²) in [4.78, 5) is 30.6. The lowest BCUT2D eigenvalue weighted by Crippen LogP contribution is -2.38. The van der Waals surface area contributed by atoms with E-state index in [1.165, 1.54) is 10.6 Å². The summed E-state index contributed by atoms with van der Waals surface area (Å²) in [7, 11) is 0. The molecule has 1 saturated heterocycles. The Morgan fingerprint density at radius 3 is 2.71 bits per heavy atom. The Kier molecular flexibility index (Phi) is 4.96. The van der Waals surface area contributed by atoms with Crippen LogP contribution < -0.4 is 16.2 Å². The Labute approximate surface area is 147 Å². The number of aromatic nitrogens is 2. The minimum atomic E-state index is -0.537. The van der Waals surface area contributed by atoms with Crippen LogP contribution in [-0.4, -0.2) is 41.8 Å². The monoisotopic (exact) mass is 392 g/mol. The Hall–Kier alpha value is -2.19. The Balaban J connectivity index is 2.10. The van der Waals surface area contributed by atoms with E-state index in [-0.39, 0.29) is 12.0 Å². The molecule has 0 bridgehead atoms. The Morgan fingerprint density at radius 1 is 1.29 bits per heavy atom. The van der Waals surface area contributed by atoms with Gasteiger partial charge in [0.05, 0.1) is 25.3 Å². The van der Waals surface area contributed by atoms with Crippen LogP contribution in [0.5, 0.6) is 0 Å². The number of nitrogens with zero attached hydrogens (tertiary/aromatic N) is 3. The summed E-state index contributed by atoms with van der Waals surface area (Å²) in [5, 5.41) is 0. The number of amides is 1. The van der Waals surface area contributed by atoms with Crippen molar-refractivity contribution >= 4 is 27.7 Å². The fourth-order valence-corrected chi connectivity index (χ4v) is 3.02.